The van der Waals surface area contributed by atoms with Crippen LogP contribution >= 0.6 is 0 Å². The van der Waals surface area contributed by atoms with Crippen molar-refractivity contribution in [2.45, 2.75) is 20.3 Å². The van der Waals surface area contributed by atoms with E-state index in [0.717, 1.165) is 13.0 Å². The van der Waals surface area contributed by atoms with Gasteiger partial charge < -0.3 is 10.1 Å². The summed E-state index contributed by atoms with van der Waals surface area (Å²) >= 11 is 0. The van der Waals surface area contributed by atoms with E-state index in [9.17, 15) is 10.1 Å². The van der Waals surface area contributed by atoms with E-state index in [1.807, 2.05) is 0 Å². The third-order valence-electron chi connectivity index (χ3n) is 2.12. The molecule has 0 atom stereocenters. The molecule has 6 nitrogen and oxygen atoms in total. The lowest BCUT2D eigenvalue weighted by Gasteiger charge is -2.07. The van der Waals surface area contributed by atoms with Crippen molar-refractivity contribution in [2.75, 3.05) is 19.7 Å². The van der Waals surface area contributed by atoms with Crippen molar-refractivity contribution in [3.63, 3.8) is 0 Å². The van der Waals surface area contributed by atoms with Crippen molar-refractivity contribution in [2.24, 2.45) is 0 Å². The van der Waals surface area contributed by atoms with Crippen molar-refractivity contribution < 1.29 is 9.66 Å². The third-order valence-corrected chi connectivity index (χ3v) is 2.12. The van der Waals surface area contributed by atoms with Crippen LogP contribution in [0.25, 0.3) is 0 Å². The summed E-state index contributed by atoms with van der Waals surface area (Å²) < 4.78 is 5.31. The highest BCUT2D eigenvalue weighted by molar-refractivity contribution is 5.41. The van der Waals surface area contributed by atoms with E-state index in [1.54, 1.807) is 13.0 Å². The van der Waals surface area contributed by atoms with Gasteiger partial charge >= 0.3 is 5.69 Å². The summed E-state index contributed by atoms with van der Waals surface area (Å²) in [6.45, 7) is 5.78. The number of aryl methyl sites for hydroxylation is 1. The number of nitro groups is 1. The Hall–Kier alpha value is -1.69. The number of ether oxygens (including phenoxy) is 1. The van der Waals surface area contributed by atoms with E-state index in [2.05, 4.69) is 17.2 Å². The van der Waals surface area contributed by atoms with E-state index in [0.29, 0.717) is 18.8 Å². The van der Waals surface area contributed by atoms with Crippen molar-refractivity contribution >= 4 is 5.69 Å². The molecule has 1 aromatic rings. The van der Waals surface area contributed by atoms with Crippen molar-refractivity contribution in [3.8, 4) is 5.88 Å². The highest BCUT2D eigenvalue weighted by Gasteiger charge is 2.16. The molecule has 0 amide bonds. The van der Waals surface area contributed by atoms with Gasteiger partial charge in [-0.1, -0.05) is 6.92 Å². The lowest BCUT2D eigenvalue weighted by atomic mass is 10.3. The molecule has 0 spiro atoms. The fraction of sp³-hybridized carbons (Fsp3) is 0.545. The standard InChI is InChI=1S/C11H17N3O3/c1-3-6-12-7-8-17-11-10(14(15)16)5-4-9(2)13-11/h4-5,12H,3,6-8H2,1-2H3. The average molecular weight is 239 g/mol. The smallest absolute Gasteiger partial charge is 0.330 e. The Morgan fingerprint density at radius 3 is 2.88 bits per heavy atom. The van der Waals surface area contributed by atoms with Gasteiger partial charge in [0, 0.05) is 18.3 Å². The molecule has 1 N–H and O–H groups in total. The van der Waals surface area contributed by atoms with Crippen LogP contribution in [0.4, 0.5) is 5.69 Å². The minimum atomic E-state index is -0.485. The van der Waals surface area contributed by atoms with Crippen molar-refractivity contribution in [3.05, 3.63) is 27.9 Å². The van der Waals surface area contributed by atoms with Gasteiger partial charge in [-0.05, 0) is 26.0 Å². The van der Waals surface area contributed by atoms with Gasteiger partial charge in [0.2, 0.25) is 0 Å². The minimum Gasteiger partial charge on any atom is -0.471 e. The van der Waals surface area contributed by atoms with E-state index >= 15 is 0 Å². The van der Waals surface area contributed by atoms with E-state index in [1.165, 1.54) is 6.07 Å². The van der Waals surface area contributed by atoms with Crippen LogP contribution in [0, 0.1) is 17.0 Å². The molecule has 1 rings (SSSR count). The SMILES string of the molecule is CCCNCCOc1nc(C)ccc1[N+](=O)[O-]. The lowest BCUT2D eigenvalue weighted by molar-refractivity contribution is -0.386. The van der Waals surface area contributed by atoms with Gasteiger partial charge in [0.1, 0.15) is 6.61 Å². The molecule has 0 radical (unpaired) electrons. The summed E-state index contributed by atoms with van der Waals surface area (Å²) in [6.07, 6.45) is 1.04. The zero-order chi connectivity index (χ0) is 12.7. The first-order chi connectivity index (χ1) is 8.15. The number of hydrogen-bond donors (Lipinski definition) is 1. The van der Waals surface area contributed by atoms with Crippen LogP contribution in [0.2, 0.25) is 0 Å². The van der Waals surface area contributed by atoms with Gasteiger partial charge in [-0.3, -0.25) is 10.1 Å². The van der Waals surface area contributed by atoms with Gasteiger partial charge in [0.25, 0.3) is 5.88 Å². The number of aromatic nitrogens is 1. The summed E-state index contributed by atoms with van der Waals surface area (Å²) in [5.74, 6) is 0.0910. The molecular weight excluding hydrogens is 222 g/mol. The maximum Gasteiger partial charge on any atom is 0.330 e. The number of hydrogen-bond acceptors (Lipinski definition) is 5. The molecule has 1 aromatic heterocycles. The second-order valence-corrected chi connectivity index (χ2v) is 3.63. The highest BCUT2D eigenvalue weighted by atomic mass is 16.6. The third kappa shape index (κ3) is 4.36. The molecule has 1 heterocycles. The molecule has 0 fully saturated rings. The largest absolute Gasteiger partial charge is 0.471 e. The van der Waals surface area contributed by atoms with Crippen LogP contribution in [0.15, 0.2) is 12.1 Å². The molecule has 0 bridgehead atoms. The quantitative estimate of drug-likeness (QED) is 0.445. The first-order valence-corrected chi connectivity index (χ1v) is 5.60. The Labute approximate surface area is 100 Å². The minimum absolute atomic E-state index is 0.0910. The molecule has 94 valence electrons. The van der Waals surface area contributed by atoms with Crippen LogP contribution in [-0.2, 0) is 0 Å². The lowest BCUT2D eigenvalue weighted by Crippen LogP contribution is -2.22. The van der Waals surface area contributed by atoms with Crippen molar-refractivity contribution in [1.82, 2.24) is 10.3 Å². The predicted octanol–water partition coefficient (Wildman–Crippen LogP) is 1.68. The molecule has 0 saturated heterocycles. The molecular formula is C11H17N3O3. The summed E-state index contributed by atoms with van der Waals surface area (Å²) in [5, 5.41) is 13.9. The molecule has 0 aromatic carbocycles. The summed E-state index contributed by atoms with van der Waals surface area (Å²) in [5.41, 5.74) is 0.609. The Kier molecular flexibility index (Phi) is 5.35. The zero-order valence-corrected chi connectivity index (χ0v) is 10.1. The van der Waals surface area contributed by atoms with Gasteiger partial charge in [0.05, 0.1) is 4.92 Å². The summed E-state index contributed by atoms with van der Waals surface area (Å²) in [7, 11) is 0. The molecule has 0 aliphatic heterocycles. The highest BCUT2D eigenvalue weighted by Crippen LogP contribution is 2.23. The maximum atomic E-state index is 10.7. The predicted molar refractivity (Wildman–Crippen MR) is 64.3 cm³/mol. The van der Waals surface area contributed by atoms with E-state index < -0.39 is 4.92 Å². The van der Waals surface area contributed by atoms with Gasteiger partial charge in [0.15, 0.2) is 0 Å². The summed E-state index contributed by atoms with van der Waals surface area (Å²) in [6, 6.07) is 3.01. The first-order valence-electron chi connectivity index (χ1n) is 5.60. The van der Waals surface area contributed by atoms with Crippen LogP contribution in [-0.4, -0.2) is 29.6 Å². The van der Waals surface area contributed by atoms with Crippen LogP contribution in [0.3, 0.4) is 0 Å². The molecule has 0 aliphatic rings. The molecule has 0 aliphatic carbocycles. The van der Waals surface area contributed by atoms with Crippen LogP contribution in [0.5, 0.6) is 5.88 Å². The van der Waals surface area contributed by atoms with Gasteiger partial charge in [-0.15, -0.1) is 0 Å². The fourth-order valence-electron chi connectivity index (χ4n) is 1.29. The Morgan fingerprint density at radius 1 is 1.47 bits per heavy atom. The topological polar surface area (TPSA) is 77.3 Å². The molecule has 6 heteroatoms. The maximum absolute atomic E-state index is 10.7. The monoisotopic (exact) mass is 239 g/mol. The van der Waals surface area contributed by atoms with E-state index in [-0.39, 0.29) is 11.6 Å². The normalized spacial score (nSPS) is 10.2. The van der Waals surface area contributed by atoms with Crippen molar-refractivity contribution in [1.29, 1.82) is 0 Å². The van der Waals surface area contributed by atoms with Gasteiger partial charge in [-0.25, -0.2) is 4.98 Å². The second kappa shape index (κ2) is 6.80. The first kappa shape index (κ1) is 13.4. The van der Waals surface area contributed by atoms with Crippen LogP contribution < -0.4 is 10.1 Å². The van der Waals surface area contributed by atoms with Gasteiger partial charge in [-0.2, -0.15) is 0 Å². The Bertz CT molecular complexity index is 382. The number of pyridine rings is 1. The van der Waals surface area contributed by atoms with Crippen LogP contribution in [0.1, 0.15) is 19.0 Å². The number of rotatable bonds is 7. The molecule has 0 unspecified atom stereocenters. The molecule has 17 heavy (non-hydrogen) atoms. The average Bonchev–Trinajstić information content (AvgIpc) is 2.28. The Balaban J connectivity index is 2.56. The fourth-order valence-corrected chi connectivity index (χ4v) is 1.29. The number of nitrogens with one attached hydrogen (secondary N) is 1. The zero-order valence-electron chi connectivity index (χ0n) is 10.1. The Morgan fingerprint density at radius 2 is 2.24 bits per heavy atom. The number of nitrogens with zero attached hydrogens (tertiary/aromatic N) is 2. The molecule has 0 saturated carbocycles. The summed E-state index contributed by atoms with van der Waals surface area (Å²) in [4.78, 5) is 14.3. The van der Waals surface area contributed by atoms with E-state index in [4.69, 9.17) is 4.74 Å². The second-order valence-electron chi connectivity index (χ2n) is 3.63.